The molecule has 0 spiro atoms. The number of aromatic amines is 1. The molecule has 1 aliphatic rings. The number of ketones is 1. The van der Waals surface area contributed by atoms with E-state index < -0.39 is 12.2 Å². The number of halogens is 3. The van der Waals surface area contributed by atoms with Gasteiger partial charge >= 0.3 is 6.18 Å². The first-order chi connectivity index (χ1) is 17.4. The van der Waals surface area contributed by atoms with Crippen LogP contribution in [0.3, 0.4) is 0 Å². The number of hydrogen-bond acceptors (Lipinski definition) is 4. The van der Waals surface area contributed by atoms with Crippen molar-refractivity contribution >= 4 is 16.7 Å². The average molecular weight is 518 g/mol. The number of benzene rings is 1. The van der Waals surface area contributed by atoms with Gasteiger partial charge in [-0.1, -0.05) is 18.2 Å². The lowest BCUT2D eigenvalue weighted by atomic mass is 9.85. The summed E-state index contributed by atoms with van der Waals surface area (Å²) in [6.45, 7) is 5.95. The topological polar surface area (TPSA) is 67.3 Å². The van der Waals surface area contributed by atoms with Crippen LogP contribution in [0.1, 0.15) is 59.5 Å². The Hall–Kier alpha value is -3.07. The monoisotopic (exact) mass is 517 g/mol. The van der Waals surface area contributed by atoms with E-state index in [0.29, 0.717) is 35.5 Å². The van der Waals surface area contributed by atoms with Crippen molar-refractivity contribution in [3.8, 4) is 5.75 Å². The van der Waals surface area contributed by atoms with E-state index >= 15 is 0 Å². The minimum Gasteiger partial charge on any atom is -0.496 e. The van der Waals surface area contributed by atoms with Gasteiger partial charge in [0.25, 0.3) is 5.56 Å². The van der Waals surface area contributed by atoms with E-state index in [1.165, 1.54) is 19.1 Å². The van der Waals surface area contributed by atoms with Crippen molar-refractivity contribution in [3.63, 3.8) is 0 Å². The highest BCUT2D eigenvalue weighted by atomic mass is 19.4. The summed E-state index contributed by atoms with van der Waals surface area (Å²) in [6, 6.07) is 7.57. The molecule has 1 aromatic carbocycles. The summed E-state index contributed by atoms with van der Waals surface area (Å²) in [4.78, 5) is 30.2. The number of nitrogens with zero attached hydrogens (tertiary/aromatic N) is 2. The molecule has 0 amide bonds. The molecule has 1 saturated heterocycles. The van der Waals surface area contributed by atoms with E-state index in [4.69, 9.17) is 4.74 Å². The maximum absolute atomic E-state index is 13.7. The molecule has 9 heteroatoms. The van der Waals surface area contributed by atoms with Crippen molar-refractivity contribution in [3.05, 3.63) is 63.2 Å². The van der Waals surface area contributed by atoms with E-state index in [0.717, 1.165) is 16.6 Å². The summed E-state index contributed by atoms with van der Waals surface area (Å²) < 4.78 is 48.4. The fourth-order valence-electron chi connectivity index (χ4n) is 5.88. The van der Waals surface area contributed by atoms with Crippen LogP contribution in [0, 0.1) is 19.8 Å². The number of hydrogen-bond donors (Lipinski definition) is 1. The number of para-hydroxylation sites is 1. The molecular weight excluding hydrogens is 483 g/mol. The lowest BCUT2D eigenvalue weighted by Gasteiger charge is -2.40. The van der Waals surface area contributed by atoms with Gasteiger partial charge in [-0.3, -0.25) is 14.5 Å². The molecule has 3 heterocycles. The molecule has 1 N–H and O–H groups in total. The second-order valence-corrected chi connectivity index (χ2v) is 10.2. The second-order valence-electron chi connectivity index (χ2n) is 10.2. The van der Waals surface area contributed by atoms with Crippen LogP contribution in [0.25, 0.3) is 10.9 Å². The maximum Gasteiger partial charge on any atom is 0.404 e. The summed E-state index contributed by atoms with van der Waals surface area (Å²) in [6.07, 6.45) is -3.29. The number of alkyl halides is 3. The number of aryl methyl sites for hydroxylation is 1. The Morgan fingerprint density at radius 2 is 1.95 bits per heavy atom. The van der Waals surface area contributed by atoms with Gasteiger partial charge in [0.15, 0.2) is 5.78 Å². The van der Waals surface area contributed by atoms with Gasteiger partial charge in [0.05, 0.1) is 12.7 Å². The normalized spacial score (nSPS) is 19.8. The Morgan fingerprint density at radius 1 is 1.24 bits per heavy atom. The van der Waals surface area contributed by atoms with Gasteiger partial charge in [-0.2, -0.15) is 13.2 Å². The van der Waals surface area contributed by atoms with E-state index in [9.17, 15) is 22.8 Å². The van der Waals surface area contributed by atoms with Crippen LogP contribution < -0.4 is 10.3 Å². The van der Waals surface area contributed by atoms with Crippen molar-refractivity contribution in [1.82, 2.24) is 14.5 Å². The molecule has 2 aromatic heterocycles. The molecule has 37 heavy (non-hydrogen) atoms. The fraction of sp³-hybridized carbons (Fsp3) is 0.500. The molecule has 6 nitrogen and oxygen atoms in total. The third kappa shape index (κ3) is 5.19. The molecule has 0 bridgehead atoms. The zero-order valence-corrected chi connectivity index (χ0v) is 21.9. The van der Waals surface area contributed by atoms with Crippen LogP contribution in [0.15, 0.2) is 35.1 Å². The van der Waals surface area contributed by atoms with Crippen molar-refractivity contribution in [2.75, 3.05) is 20.7 Å². The van der Waals surface area contributed by atoms with Gasteiger partial charge in [0, 0.05) is 40.3 Å². The number of pyridine rings is 1. The highest BCUT2D eigenvalue weighted by Gasteiger charge is 2.46. The third-order valence-corrected chi connectivity index (χ3v) is 7.86. The molecule has 200 valence electrons. The van der Waals surface area contributed by atoms with Gasteiger partial charge in [0.1, 0.15) is 11.8 Å². The molecule has 1 unspecified atom stereocenters. The fourth-order valence-corrected chi connectivity index (χ4v) is 5.88. The number of methoxy groups -OCH3 is 1. The minimum atomic E-state index is -4.28. The first-order valence-electron chi connectivity index (χ1n) is 12.6. The van der Waals surface area contributed by atoms with Crippen LogP contribution in [-0.4, -0.2) is 53.2 Å². The van der Waals surface area contributed by atoms with Crippen LogP contribution in [0.2, 0.25) is 0 Å². The molecule has 1 aliphatic heterocycles. The Bertz CT molecular complexity index is 1360. The number of nitrogens with one attached hydrogen (secondary N) is 1. The van der Waals surface area contributed by atoms with Crippen LogP contribution >= 0.6 is 0 Å². The number of likely N-dealkylation sites (tertiary alicyclic amines) is 1. The van der Waals surface area contributed by atoms with Gasteiger partial charge in [-0.05, 0) is 71.7 Å². The van der Waals surface area contributed by atoms with Gasteiger partial charge in [-0.25, -0.2) is 0 Å². The van der Waals surface area contributed by atoms with Crippen molar-refractivity contribution in [1.29, 1.82) is 0 Å². The third-order valence-electron chi connectivity index (χ3n) is 7.86. The highest BCUT2D eigenvalue weighted by Crippen LogP contribution is 2.40. The van der Waals surface area contributed by atoms with Crippen LogP contribution in [0.5, 0.6) is 5.75 Å². The molecule has 4 rings (SSSR count). The minimum absolute atomic E-state index is 0.0202. The Kier molecular flexibility index (Phi) is 7.55. The molecule has 0 radical (unpaired) electrons. The van der Waals surface area contributed by atoms with E-state index in [-0.39, 0.29) is 42.6 Å². The molecule has 3 atom stereocenters. The predicted octanol–water partition coefficient (Wildman–Crippen LogP) is 5.60. The number of rotatable bonds is 7. The summed E-state index contributed by atoms with van der Waals surface area (Å²) in [7, 11) is 3.02. The summed E-state index contributed by atoms with van der Waals surface area (Å²) in [5.41, 5.74) is 2.95. The lowest BCUT2D eigenvalue weighted by Crippen LogP contribution is -2.49. The number of aromatic nitrogens is 2. The summed E-state index contributed by atoms with van der Waals surface area (Å²) >= 11 is 0. The SMILES string of the molecule is COc1cc(C)[nH]c(=O)c1CCC(=O)c1c(C)n([C@H](C)[C@@H]2CCN(C)C(C(F)(F)F)C2)c2ccccc12. The van der Waals surface area contributed by atoms with E-state index in [2.05, 4.69) is 4.98 Å². The quantitative estimate of drug-likeness (QED) is 0.414. The zero-order valence-electron chi connectivity index (χ0n) is 21.9. The Balaban J connectivity index is 1.66. The lowest BCUT2D eigenvalue weighted by molar-refractivity contribution is -0.192. The van der Waals surface area contributed by atoms with Gasteiger partial charge in [-0.15, -0.1) is 0 Å². The number of ether oxygens (including phenoxy) is 1. The number of H-pyrrole nitrogens is 1. The van der Waals surface area contributed by atoms with Crippen LogP contribution in [-0.2, 0) is 6.42 Å². The zero-order chi connectivity index (χ0) is 27.1. The number of fused-ring (bicyclic) bond motifs is 1. The van der Waals surface area contributed by atoms with Crippen molar-refractivity contribution in [2.24, 2.45) is 5.92 Å². The number of piperidine rings is 1. The largest absolute Gasteiger partial charge is 0.496 e. The van der Waals surface area contributed by atoms with E-state index in [1.807, 2.05) is 42.7 Å². The molecule has 3 aromatic rings. The summed E-state index contributed by atoms with van der Waals surface area (Å²) in [5, 5.41) is 0.780. The second kappa shape index (κ2) is 10.4. The van der Waals surface area contributed by atoms with Gasteiger partial charge in [0.2, 0.25) is 0 Å². The maximum atomic E-state index is 13.7. The number of carbonyl (C=O) groups excluding carboxylic acids is 1. The number of carbonyl (C=O) groups is 1. The van der Waals surface area contributed by atoms with Crippen molar-refractivity contribution < 1.29 is 22.7 Å². The average Bonchev–Trinajstić information content (AvgIpc) is 3.13. The first kappa shape index (κ1) is 27.0. The summed E-state index contributed by atoms with van der Waals surface area (Å²) in [5.74, 6) is 0.150. The number of Topliss-reactive ketones (excluding diaryl/α,β-unsaturated/α-hetero) is 1. The molecule has 1 fully saturated rings. The predicted molar refractivity (Wildman–Crippen MR) is 138 cm³/mol. The molecule has 0 aliphatic carbocycles. The van der Waals surface area contributed by atoms with E-state index in [1.54, 1.807) is 13.0 Å². The standard InChI is InChI=1S/C28H34F3N3O3/c1-16-14-24(37-5)21(27(36)32-16)10-11-23(35)26-18(3)34(22-9-7-6-8-20(22)26)17(2)19-12-13-33(4)25(15-19)28(29,30)31/h6-9,14,17,19,25H,10-13,15H2,1-5H3,(H,32,36)/t17-,19-,25?/m1/s1. The highest BCUT2D eigenvalue weighted by molar-refractivity contribution is 6.09. The van der Waals surface area contributed by atoms with Crippen LogP contribution in [0.4, 0.5) is 13.2 Å². The van der Waals surface area contributed by atoms with Crippen molar-refractivity contribution in [2.45, 2.75) is 64.7 Å². The molecule has 0 saturated carbocycles. The molecular formula is C28H34F3N3O3. The Morgan fingerprint density at radius 3 is 2.62 bits per heavy atom. The smallest absolute Gasteiger partial charge is 0.404 e. The van der Waals surface area contributed by atoms with Gasteiger partial charge < -0.3 is 14.3 Å². The Labute approximate surface area is 214 Å². The first-order valence-corrected chi connectivity index (χ1v) is 12.6.